The van der Waals surface area contributed by atoms with Gasteiger partial charge in [-0.15, -0.1) is 0 Å². The lowest BCUT2D eigenvalue weighted by molar-refractivity contribution is 0.396. The highest BCUT2D eigenvalue weighted by Gasteiger charge is 2.14. The molecular weight excluding hydrogens is 228 g/mol. The molecule has 0 aliphatic carbocycles. The lowest BCUT2D eigenvalue weighted by Crippen LogP contribution is -2.01. The predicted molar refractivity (Wildman–Crippen MR) is 57.6 cm³/mol. The van der Waals surface area contributed by atoms with E-state index in [4.69, 9.17) is 21.6 Å². The Morgan fingerprint density at radius 2 is 2.38 bits per heavy atom. The van der Waals surface area contributed by atoms with E-state index in [1.165, 1.54) is 18.0 Å². The summed E-state index contributed by atoms with van der Waals surface area (Å²) in [6.07, 6.45) is 4.85. The molecular formula is C10H7ClN4O. The van der Waals surface area contributed by atoms with Gasteiger partial charge in [-0.3, -0.25) is 0 Å². The molecule has 0 bridgehead atoms. The average Bonchev–Trinajstić information content (AvgIpc) is 2.81. The van der Waals surface area contributed by atoms with Crippen molar-refractivity contribution in [3.05, 3.63) is 35.2 Å². The molecule has 0 unspecified atom stereocenters. The van der Waals surface area contributed by atoms with Crippen molar-refractivity contribution >= 4 is 11.6 Å². The molecule has 0 N–H and O–H groups in total. The molecule has 0 atom stereocenters. The first-order valence-electron chi connectivity index (χ1n) is 4.40. The van der Waals surface area contributed by atoms with Crippen molar-refractivity contribution < 1.29 is 4.74 Å². The second-order valence-electron chi connectivity index (χ2n) is 2.90. The van der Waals surface area contributed by atoms with Gasteiger partial charge in [-0.2, -0.15) is 10.4 Å². The number of methoxy groups -OCH3 is 1. The number of aromatic nitrogens is 3. The summed E-state index contributed by atoms with van der Waals surface area (Å²) < 4.78 is 6.48. The van der Waals surface area contributed by atoms with Crippen LogP contribution in [0.25, 0.3) is 5.69 Å². The Balaban J connectivity index is 2.63. The summed E-state index contributed by atoms with van der Waals surface area (Å²) in [5.41, 5.74) is 0.751. The van der Waals surface area contributed by atoms with Crippen molar-refractivity contribution in [3.63, 3.8) is 0 Å². The van der Waals surface area contributed by atoms with Crippen molar-refractivity contribution in [2.45, 2.75) is 0 Å². The summed E-state index contributed by atoms with van der Waals surface area (Å²) in [7, 11) is 1.44. The largest absolute Gasteiger partial charge is 0.480 e. The summed E-state index contributed by atoms with van der Waals surface area (Å²) in [6.45, 7) is 0. The second-order valence-corrected chi connectivity index (χ2v) is 3.28. The normalized spacial score (nSPS) is 9.81. The Labute approximate surface area is 96.9 Å². The quantitative estimate of drug-likeness (QED) is 0.795. The number of rotatable bonds is 2. The maximum Gasteiger partial charge on any atom is 0.233 e. The third-order valence-corrected chi connectivity index (χ3v) is 2.40. The van der Waals surface area contributed by atoms with E-state index < -0.39 is 0 Å². The average molecular weight is 235 g/mol. The number of pyridine rings is 1. The van der Waals surface area contributed by atoms with Gasteiger partial charge in [-0.1, -0.05) is 11.6 Å². The van der Waals surface area contributed by atoms with E-state index in [-0.39, 0.29) is 16.5 Å². The lowest BCUT2D eigenvalue weighted by Gasteiger charge is -2.07. The molecule has 0 radical (unpaired) electrons. The smallest absolute Gasteiger partial charge is 0.233 e. The highest BCUT2D eigenvalue weighted by molar-refractivity contribution is 6.33. The van der Waals surface area contributed by atoms with Crippen molar-refractivity contribution in [2.24, 2.45) is 0 Å². The molecule has 5 nitrogen and oxygen atoms in total. The molecule has 2 heterocycles. The van der Waals surface area contributed by atoms with Crippen LogP contribution >= 0.6 is 11.6 Å². The zero-order valence-electron chi connectivity index (χ0n) is 8.38. The van der Waals surface area contributed by atoms with Crippen molar-refractivity contribution in [1.82, 2.24) is 14.8 Å². The molecule has 16 heavy (non-hydrogen) atoms. The molecule has 2 aromatic rings. The third-order valence-electron chi connectivity index (χ3n) is 2.02. The van der Waals surface area contributed by atoms with E-state index in [1.807, 2.05) is 6.07 Å². The Bertz CT molecular complexity index is 545. The standard InChI is InChI=1S/C10H7ClN4O/c1-16-10-7(5-12)9(11)8(6-13-10)15-4-2-3-14-15/h2-4,6H,1H3. The molecule has 2 aromatic heterocycles. The topological polar surface area (TPSA) is 63.7 Å². The molecule has 0 aromatic carbocycles. The van der Waals surface area contributed by atoms with Crippen LogP contribution in [0.15, 0.2) is 24.7 Å². The summed E-state index contributed by atoms with van der Waals surface area (Å²) in [6, 6.07) is 3.71. The van der Waals surface area contributed by atoms with Crippen LogP contribution < -0.4 is 4.74 Å². The van der Waals surface area contributed by atoms with Gasteiger partial charge in [0.2, 0.25) is 5.88 Å². The van der Waals surface area contributed by atoms with Crippen molar-refractivity contribution in [1.29, 1.82) is 5.26 Å². The van der Waals surface area contributed by atoms with Crippen LogP contribution in [0.5, 0.6) is 5.88 Å². The Kier molecular flexibility index (Phi) is 2.75. The van der Waals surface area contributed by atoms with Gasteiger partial charge in [0.15, 0.2) is 0 Å². The van der Waals surface area contributed by atoms with E-state index in [1.54, 1.807) is 18.5 Å². The number of nitriles is 1. The summed E-state index contributed by atoms with van der Waals surface area (Å²) in [5.74, 6) is 0.211. The van der Waals surface area contributed by atoms with Gasteiger partial charge in [-0.25, -0.2) is 9.67 Å². The van der Waals surface area contributed by atoms with Crippen LogP contribution in [-0.4, -0.2) is 21.9 Å². The Hall–Kier alpha value is -2.06. The maximum absolute atomic E-state index is 8.97. The van der Waals surface area contributed by atoms with E-state index in [2.05, 4.69) is 10.1 Å². The molecule has 0 saturated carbocycles. The van der Waals surface area contributed by atoms with Crippen LogP contribution in [0, 0.1) is 11.3 Å². The second kappa shape index (κ2) is 4.21. The van der Waals surface area contributed by atoms with E-state index in [0.717, 1.165) is 0 Å². The minimum absolute atomic E-state index is 0.206. The van der Waals surface area contributed by atoms with Crippen LogP contribution in [0.4, 0.5) is 0 Å². The Morgan fingerprint density at radius 1 is 1.56 bits per heavy atom. The third kappa shape index (κ3) is 1.59. The number of nitrogens with zero attached hydrogens (tertiary/aromatic N) is 4. The first kappa shape index (κ1) is 10.5. The first-order chi connectivity index (χ1) is 7.77. The SMILES string of the molecule is COc1ncc(-n2cccn2)c(Cl)c1C#N. The Morgan fingerprint density at radius 3 is 2.94 bits per heavy atom. The van der Waals surface area contributed by atoms with E-state index in [0.29, 0.717) is 5.69 Å². The number of hydrogen-bond acceptors (Lipinski definition) is 4. The van der Waals surface area contributed by atoms with Gasteiger partial charge in [0.25, 0.3) is 0 Å². The number of hydrogen-bond donors (Lipinski definition) is 0. The molecule has 6 heteroatoms. The fourth-order valence-corrected chi connectivity index (χ4v) is 1.54. The van der Waals surface area contributed by atoms with Crippen molar-refractivity contribution in [3.8, 4) is 17.6 Å². The van der Waals surface area contributed by atoms with Gasteiger partial charge in [0, 0.05) is 12.4 Å². The monoisotopic (exact) mass is 234 g/mol. The minimum Gasteiger partial charge on any atom is -0.480 e. The fourth-order valence-electron chi connectivity index (χ4n) is 1.29. The maximum atomic E-state index is 8.97. The zero-order valence-corrected chi connectivity index (χ0v) is 9.14. The number of ether oxygens (including phenoxy) is 1. The van der Waals surface area contributed by atoms with Gasteiger partial charge in [0.05, 0.1) is 18.3 Å². The molecule has 0 aliphatic rings. The molecule has 0 saturated heterocycles. The lowest BCUT2D eigenvalue weighted by atomic mass is 10.2. The van der Waals surface area contributed by atoms with Crippen LogP contribution in [0.3, 0.4) is 0 Å². The fraction of sp³-hybridized carbons (Fsp3) is 0.100. The summed E-state index contributed by atoms with van der Waals surface area (Å²) in [4.78, 5) is 3.99. The molecule has 0 spiro atoms. The minimum atomic E-state index is 0.206. The van der Waals surface area contributed by atoms with Crippen LogP contribution in [0.1, 0.15) is 5.56 Å². The van der Waals surface area contributed by atoms with E-state index in [9.17, 15) is 0 Å². The molecule has 0 fully saturated rings. The van der Waals surface area contributed by atoms with Crippen LogP contribution in [0.2, 0.25) is 5.02 Å². The highest BCUT2D eigenvalue weighted by Crippen LogP contribution is 2.28. The van der Waals surface area contributed by atoms with Crippen LogP contribution in [-0.2, 0) is 0 Å². The molecule has 0 amide bonds. The zero-order chi connectivity index (χ0) is 11.5. The van der Waals surface area contributed by atoms with Gasteiger partial charge in [-0.05, 0) is 6.07 Å². The van der Waals surface area contributed by atoms with Gasteiger partial charge >= 0.3 is 0 Å². The predicted octanol–water partition coefficient (Wildman–Crippen LogP) is 1.80. The van der Waals surface area contributed by atoms with Gasteiger partial charge < -0.3 is 4.74 Å². The highest BCUT2D eigenvalue weighted by atomic mass is 35.5. The van der Waals surface area contributed by atoms with Crippen molar-refractivity contribution in [2.75, 3.05) is 7.11 Å². The molecule has 0 aliphatic heterocycles. The number of halogens is 1. The van der Waals surface area contributed by atoms with Gasteiger partial charge in [0.1, 0.15) is 17.3 Å². The molecule has 2 rings (SSSR count). The summed E-state index contributed by atoms with van der Waals surface area (Å²) in [5, 5.41) is 13.3. The summed E-state index contributed by atoms with van der Waals surface area (Å²) >= 11 is 6.08. The van der Waals surface area contributed by atoms with E-state index >= 15 is 0 Å². The first-order valence-corrected chi connectivity index (χ1v) is 4.78. The molecule has 80 valence electrons.